The second-order valence-corrected chi connectivity index (χ2v) is 11.9. The molecular weight excluding hydrogens is 584 g/mol. The number of aromatic nitrogens is 1. The van der Waals surface area contributed by atoms with E-state index >= 15 is 0 Å². The lowest BCUT2D eigenvalue weighted by Gasteiger charge is -2.36. The first-order valence-electron chi connectivity index (χ1n) is 14.9. The van der Waals surface area contributed by atoms with Crippen molar-refractivity contribution in [2.45, 2.75) is 43.1 Å². The summed E-state index contributed by atoms with van der Waals surface area (Å²) in [5, 5.41) is 25.3. The Morgan fingerprint density at radius 1 is 0.822 bits per heavy atom. The van der Waals surface area contributed by atoms with Crippen LogP contribution >= 0.6 is 11.8 Å². The van der Waals surface area contributed by atoms with Gasteiger partial charge in [0.15, 0.2) is 12.5 Å². The Hall–Kier alpha value is -4.47. The van der Waals surface area contributed by atoms with Crippen LogP contribution in [0.5, 0.6) is 0 Å². The van der Waals surface area contributed by atoms with E-state index in [0.717, 1.165) is 38.1 Å². The fourth-order valence-corrected chi connectivity index (χ4v) is 6.23. The van der Waals surface area contributed by atoms with Gasteiger partial charge in [0.1, 0.15) is 0 Å². The Morgan fingerprint density at radius 2 is 1.58 bits per heavy atom. The zero-order valence-corrected chi connectivity index (χ0v) is 25.4. The van der Waals surface area contributed by atoms with Crippen molar-refractivity contribution >= 4 is 17.7 Å². The maximum absolute atomic E-state index is 12.5. The molecule has 45 heavy (non-hydrogen) atoms. The van der Waals surface area contributed by atoms with Crippen molar-refractivity contribution < 1.29 is 24.1 Å². The number of thioether (sulfide) groups is 1. The molecular formula is C37H34N2O5S. The minimum absolute atomic E-state index is 0.0132. The fourth-order valence-electron chi connectivity index (χ4n) is 5.29. The van der Waals surface area contributed by atoms with Crippen LogP contribution in [0.4, 0.5) is 0 Å². The molecule has 6 rings (SSSR count). The van der Waals surface area contributed by atoms with Gasteiger partial charge in [-0.25, -0.2) is 0 Å². The number of hydrogen-bond acceptors (Lipinski definition) is 6. The molecule has 2 heterocycles. The van der Waals surface area contributed by atoms with Gasteiger partial charge in [0.05, 0.1) is 18.8 Å². The fraction of sp³-hybridized carbons (Fsp3) is 0.189. The molecule has 1 fully saturated rings. The number of hydrogen-bond donors (Lipinski definition) is 2. The molecule has 3 atom stereocenters. The number of aliphatic hydroxyl groups excluding tert-OH is 1. The molecule has 7 nitrogen and oxygen atoms in total. The molecule has 0 unspecified atom stereocenters. The van der Waals surface area contributed by atoms with Crippen LogP contribution in [0.3, 0.4) is 0 Å². The Labute approximate surface area is 267 Å². The van der Waals surface area contributed by atoms with Crippen molar-refractivity contribution in [2.75, 3.05) is 5.75 Å². The minimum atomic E-state index is -0.587. The Balaban J connectivity index is 1.16. The predicted octanol–water partition coefficient (Wildman–Crippen LogP) is 6.75. The molecule has 5 aromatic rings. The number of nitrogens with zero attached hydrogens (tertiary/aromatic N) is 1. The Bertz CT molecular complexity index is 1710. The second kappa shape index (κ2) is 14.5. The lowest BCUT2D eigenvalue weighted by molar-refractivity contribution is -0.645. The lowest BCUT2D eigenvalue weighted by atomic mass is 9.99. The molecule has 8 heteroatoms. The normalized spacial score (nSPS) is 17.9. The molecule has 1 aromatic heterocycles. The van der Waals surface area contributed by atoms with Crippen LogP contribution in [-0.2, 0) is 22.6 Å². The molecule has 1 saturated heterocycles. The van der Waals surface area contributed by atoms with Gasteiger partial charge in [0, 0.05) is 42.0 Å². The van der Waals surface area contributed by atoms with Crippen molar-refractivity contribution in [3.8, 4) is 11.1 Å². The predicted molar refractivity (Wildman–Crippen MR) is 174 cm³/mol. The van der Waals surface area contributed by atoms with Gasteiger partial charge in [-0.05, 0) is 52.1 Å². The molecule has 0 radical (unpaired) electrons. The summed E-state index contributed by atoms with van der Waals surface area (Å²) in [5.41, 5.74) is 6.49. The SMILES string of the molecule is O=C(NCc1cccc(-c2ccc([C@H]3O[C@@H](CSc4cccc[n+]4[O-])C[C@@H](c4ccc(CO)cc4)O3)cc2)c1)c1ccccc1. The summed E-state index contributed by atoms with van der Waals surface area (Å²) in [6.07, 6.45) is 1.19. The quantitative estimate of drug-likeness (QED) is 0.102. The monoisotopic (exact) mass is 618 g/mol. The minimum Gasteiger partial charge on any atom is -0.618 e. The summed E-state index contributed by atoms with van der Waals surface area (Å²) in [7, 11) is 0. The topological polar surface area (TPSA) is 94.7 Å². The first kappa shape index (κ1) is 30.6. The number of amides is 1. The van der Waals surface area contributed by atoms with Crippen LogP contribution < -0.4 is 10.0 Å². The number of carbonyl (C=O) groups is 1. The number of pyridine rings is 1. The van der Waals surface area contributed by atoms with Crippen molar-refractivity contribution in [3.63, 3.8) is 0 Å². The van der Waals surface area contributed by atoms with Gasteiger partial charge in [-0.1, -0.05) is 96.7 Å². The average molecular weight is 619 g/mol. The summed E-state index contributed by atoms with van der Waals surface area (Å²) in [6.45, 7) is 0.416. The van der Waals surface area contributed by atoms with Crippen LogP contribution in [-0.4, -0.2) is 22.9 Å². The van der Waals surface area contributed by atoms with Gasteiger partial charge in [-0.2, -0.15) is 4.73 Å². The number of aliphatic hydroxyl groups is 1. The molecule has 1 aliphatic rings. The molecule has 4 aromatic carbocycles. The Kier molecular flexibility index (Phi) is 9.87. The third-order valence-electron chi connectivity index (χ3n) is 7.75. The highest BCUT2D eigenvalue weighted by Gasteiger charge is 2.32. The third kappa shape index (κ3) is 7.79. The molecule has 0 bridgehead atoms. The highest BCUT2D eigenvalue weighted by molar-refractivity contribution is 7.99. The van der Waals surface area contributed by atoms with Gasteiger partial charge in [-0.3, -0.25) is 4.79 Å². The number of carbonyl (C=O) groups excluding carboxylic acids is 1. The maximum atomic E-state index is 12.5. The van der Waals surface area contributed by atoms with Crippen LogP contribution in [0.2, 0.25) is 0 Å². The molecule has 228 valence electrons. The second-order valence-electron chi connectivity index (χ2n) is 10.9. The molecule has 2 N–H and O–H groups in total. The standard InChI is InChI=1S/C37H34N2O5S/c40-24-26-12-14-29(15-13-26)34-22-33(25-45-35-11-4-5-20-39(35)42)43-37(44-34)31-18-16-28(17-19-31)32-10-6-7-27(21-32)23-38-36(41)30-8-2-1-3-9-30/h1-21,33-34,37,40H,22-25H2,(H,38,41)/t33-,34+,37+/m1/s1. The maximum Gasteiger partial charge on any atom is 0.251 e. The number of ether oxygens (including phenoxy) is 2. The molecule has 0 saturated carbocycles. The van der Waals surface area contributed by atoms with Crippen molar-refractivity contribution in [3.05, 3.63) is 161 Å². The van der Waals surface area contributed by atoms with Crippen molar-refractivity contribution in [1.29, 1.82) is 0 Å². The summed E-state index contributed by atoms with van der Waals surface area (Å²) in [5.74, 6) is 0.497. The van der Waals surface area contributed by atoms with E-state index in [1.807, 2.05) is 78.9 Å². The van der Waals surface area contributed by atoms with Gasteiger partial charge >= 0.3 is 0 Å². The van der Waals surface area contributed by atoms with Gasteiger partial charge < -0.3 is 25.1 Å². The molecule has 1 amide bonds. The first-order valence-corrected chi connectivity index (χ1v) is 15.9. The van der Waals surface area contributed by atoms with Crippen LogP contribution in [0, 0.1) is 5.21 Å². The van der Waals surface area contributed by atoms with E-state index in [2.05, 4.69) is 29.6 Å². The molecule has 1 aliphatic heterocycles. The van der Waals surface area contributed by atoms with E-state index in [1.165, 1.54) is 18.0 Å². The third-order valence-corrected chi connectivity index (χ3v) is 8.90. The largest absolute Gasteiger partial charge is 0.618 e. The Morgan fingerprint density at radius 3 is 2.33 bits per heavy atom. The van der Waals surface area contributed by atoms with Gasteiger partial charge in [-0.15, -0.1) is 0 Å². The summed E-state index contributed by atoms with van der Waals surface area (Å²) in [6, 6.07) is 38.7. The van der Waals surface area contributed by atoms with Gasteiger partial charge in [0.25, 0.3) is 10.9 Å². The molecule has 0 spiro atoms. The zero-order chi connectivity index (χ0) is 31.0. The van der Waals surface area contributed by atoms with E-state index in [1.54, 1.807) is 18.2 Å². The lowest BCUT2D eigenvalue weighted by Crippen LogP contribution is -2.32. The number of benzene rings is 4. The van der Waals surface area contributed by atoms with Crippen LogP contribution in [0.15, 0.2) is 133 Å². The average Bonchev–Trinajstić information content (AvgIpc) is 3.11. The molecule has 0 aliphatic carbocycles. The van der Waals surface area contributed by atoms with E-state index in [-0.39, 0.29) is 24.7 Å². The highest BCUT2D eigenvalue weighted by Crippen LogP contribution is 2.39. The van der Waals surface area contributed by atoms with E-state index in [4.69, 9.17) is 9.47 Å². The number of nitrogens with one attached hydrogen (secondary N) is 1. The first-order chi connectivity index (χ1) is 22.1. The summed E-state index contributed by atoms with van der Waals surface area (Å²) >= 11 is 1.47. The summed E-state index contributed by atoms with van der Waals surface area (Å²) < 4.78 is 13.8. The van der Waals surface area contributed by atoms with Crippen LogP contribution in [0.1, 0.15) is 51.4 Å². The zero-order valence-electron chi connectivity index (χ0n) is 24.6. The van der Waals surface area contributed by atoms with E-state index < -0.39 is 6.29 Å². The number of rotatable bonds is 10. The summed E-state index contributed by atoms with van der Waals surface area (Å²) in [4.78, 5) is 12.5. The van der Waals surface area contributed by atoms with Crippen molar-refractivity contribution in [1.82, 2.24) is 5.32 Å². The highest BCUT2D eigenvalue weighted by atomic mass is 32.2. The van der Waals surface area contributed by atoms with Crippen molar-refractivity contribution in [2.24, 2.45) is 0 Å². The van der Waals surface area contributed by atoms with Gasteiger partial charge in [0.2, 0.25) is 0 Å². The van der Waals surface area contributed by atoms with E-state index in [9.17, 15) is 15.1 Å². The van der Waals surface area contributed by atoms with E-state index in [0.29, 0.717) is 29.3 Å². The smallest absolute Gasteiger partial charge is 0.251 e. The van der Waals surface area contributed by atoms with Crippen LogP contribution in [0.25, 0.3) is 11.1 Å².